The van der Waals surface area contributed by atoms with Gasteiger partial charge < -0.3 is 13.6 Å². The number of esters is 1. The summed E-state index contributed by atoms with van der Waals surface area (Å²) in [7, 11) is 0. The molecule has 0 radical (unpaired) electrons. The summed E-state index contributed by atoms with van der Waals surface area (Å²) < 4.78 is 16.4. The van der Waals surface area contributed by atoms with Gasteiger partial charge >= 0.3 is 5.97 Å². The summed E-state index contributed by atoms with van der Waals surface area (Å²) in [5, 5.41) is 13.4. The lowest BCUT2D eigenvalue weighted by Crippen LogP contribution is -2.03. The number of nitrogens with zero attached hydrogens (tertiary/aromatic N) is 3. The zero-order valence-corrected chi connectivity index (χ0v) is 17.1. The van der Waals surface area contributed by atoms with Crippen LogP contribution >= 0.6 is 0 Å². The van der Waals surface area contributed by atoms with E-state index in [2.05, 4.69) is 15.5 Å². The molecule has 0 aliphatic heterocycles. The summed E-state index contributed by atoms with van der Waals surface area (Å²) in [5.41, 5.74) is 4.83. The van der Waals surface area contributed by atoms with Crippen LogP contribution in [0.25, 0.3) is 22.8 Å². The number of rotatable bonds is 7. The van der Waals surface area contributed by atoms with E-state index in [1.165, 1.54) is 6.21 Å². The Balaban J connectivity index is 1.44. The van der Waals surface area contributed by atoms with Crippen LogP contribution in [0.1, 0.15) is 28.7 Å². The van der Waals surface area contributed by atoms with Crippen LogP contribution in [0.4, 0.5) is 5.88 Å². The molecule has 2 heterocycles. The highest BCUT2D eigenvalue weighted by molar-refractivity contribution is 5.90. The van der Waals surface area contributed by atoms with Crippen LogP contribution in [0.5, 0.6) is 0 Å². The van der Waals surface area contributed by atoms with E-state index >= 15 is 0 Å². The van der Waals surface area contributed by atoms with Gasteiger partial charge in [-0.2, -0.15) is 15.3 Å². The fourth-order valence-electron chi connectivity index (χ4n) is 2.89. The van der Waals surface area contributed by atoms with Crippen molar-refractivity contribution in [3.8, 4) is 28.8 Å². The molecule has 0 spiro atoms. The van der Waals surface area contributed by atoms with Gasteiger partial charge in [-0.3, -0.25) is 0 Å². The summed E-state index contributed by atoms with van der Waals surface area (Å²) in [5.74, 6) is 1.21. The van der Waals surface area contributed by atoms with E-state index in [1.54, 1.807) is 43.3 Å². The number of anilines is 1. The van der Waals surface area contributed by atoms with Crippen LogP contribution in [0.3, 0.4) is 0 Å². The first kappa shape index (κ1) is 20.6. The van der Waals surface area contributed by atoms with Crippen LogP contribution in [-0.2, 0) is 4.74 Å². The summed E-state index contributed by atoms with van der Waals surface area (Å²) in [6.45, 7) is 2.09. The van der Waals surface area contributed by atoms with Crippen LogP contribution in [0.2, 0.25) is 0 Å². The number of carbonyl (C=O) groups excluding carboxylic acids is 1. The number of carbonyl (C=O) groups is 1. The highest BCUT2D eigenvalue weighted by atomic mass is 16.5. The molecule has 0 saturated heterocycles. The van der Waals surface area contributed by atoms with Crippen LogP contribution in [-0.4, -0.2) is 23.8 Å². The van der Waals surface area contributed by atoms with E-state index < -0.39 is 0 Å². The molecule has 0 amide bonds. The number of aromatic nitrogens is 1. The van der Waals surface area contributed by atoms with E-state index in [9.17, 15) is 10.1 Å². The lowest BCUT2D eigenvalue weighted by atomic mass is 10.1. The van der Waals surface area contributed by atoms with Gasteiger partial charge in [0.2, 0.25) is 11.6 Å². The maximum Gasteiger partial charge on any atom is 0.338 e. The molecule has 32 heavy (non-hydrogen) atoms. The minimum absolute atomic E-state index is 0.0998. The van der Waals surface area contributed by atoms with Crippen molar-refractivity contribution in [1.82, 2.24) is 4.98 Å². The van der Waals surface area contributed by atoms with Crippen molar-refractivity contribution < 1.29 is 18.4 Å². The standard InChI is InChI=1S/C24H18N4O4/c1-2-30-24(29)18-10-8-16(9-11-18)21-13-12-19(31-21)15-26-28-23-20(14-25)27-22(32-23)17-6-4-3-5-7-17/h3-13,15,28H,2H2,1H3/b26-15+. The first-order valence-electron chi connectivity index (χ1n) is 9.80. The fourth-order valence-corrected chi connectivity index (χ4v) is 2.89. The maximum absolute atomic E-state index is 11.8. The van der Waals surface area contributed by atoms with Gasteiger partial charge in [-0.15, -0.1) is 0 Å². The normalized spacial score (nSPS) is 10.8. The van der Waals surface area contributed by atoms with Gasteiger partial charge in [0.25, 0.3) is 5.88 Å². The molecule has 8 nitrogen and oxygen atoms in total. The molecule has 0 fully saturated rings. The monoisotopic (exact) mass is 426 g/mol. The van der Waals surface area contributed by atoms with Gasteiger partial charge in [0.1, 0.15) is 17.6 Å². The van der Waals surface area contributed by atoms with E-state index in [0.29, 0.717) is 29.6 Å². The number of nitriles is 1. The van der Waals surface area contributed by atoms with Crippen molar-refractivity contribution in [1.29, 1.82) is 5.26 Å². The van der Waals surface area contributed by atoms with Crippen molar-refractivity contribution in [3.05, 3.63) is 83.7 Å². The average Bonchev–Trinajstić information content (AvgIpc) is 3.47. The summed E-state index contributed by atoms with van der Waals surface area (Å²) in [6.07, 6.45) is 1.46. The second kappa shape index (κ2) is 9.45. The lowest BCUT2D eigenvalue weighted by Gasteiger charge is -2.02. The Morgan fingerprint density at radius 3 is 2.59 bits per heavy atom. The molecule has 1 N–H and O–H groups in total. The fraction of sp³-hybridized carbons (Fsp3) is 0.0833. The minimum atomic E-state index is -0.364. The highest BCUT2D eigenvalue weighted by Gasteiger charge is 2.14. The summed E-state index contributed by atoms with van der Waals surface area (Å²) in [4.78, 5) is 15.9. The first-order chi connectivity index (χ1) is 15.7. The molecule has 0 unspecified atom stereocenters. The molecule has 8 heteroatoms. The second-order valence-electron chi connectivity index (χ2n) is 6.54. The Morgan fingerprint density at radius 2 is 1.88 bits per heavy atom. The van der Waals surface area contributed by atoms with Gasteiger partial charge in [-0.05, 0) is 43.3 Å². The molecule has 2 aromatic heterocycles. The lowest BCUT2D eigenvalue weighted by molar-refractivity contribution is 0.0526. The van der Waals surface area contributed by atoms with E-state index in [4.69, 9.17) is 13.6 Å². The molecule has 0 atom stereocenters. The predicted molar refractivity (Wildman–Crippen MR) is 118 cm³/mol. The van der Waals surface area contributed by atoms with E-state index in [0.717, 1.165) is 11.1 Å². The molecule has 0 bridgehead atoms. The maximum atomic E-state index is 11.8. The number of ether oxygens (including phenoxy) is 1. The number of hydrogen-bond donors (Lipinski definition) is 1. The molecule has 0 aliphatic rings. The number of furan rings is 1. The molecule has 4 aromatic rings. The van der Waals surface area contributed by atoms with Gasteiger partial charge in [0, 0.05) is 11.1 Å². The Bertz CT molecular complexity index is 1280. The second-order valence-corrected chi connectivity index (χ2v) is 6.54. The molecule has 4 rings (SSSR count). The van der Waals surface area contributed by atoms with Crippen molar-refractivity contribution in [2.45, 2.75) is 6.92 Å². The summed E-state index contributed by atoms with van der Waals surface area (Å²) in [6, 6.07) is 21.7. The number of hydrazone groups is 1. The third-order valence-electron chi connectivity index (χ3n) is 4.42. The van der Waals surface area contributed by atoms with Crippen LogP contribution in [0.15, 0.2) is 80.7 Å². The van der Waals surface area contributed by atoms with E-state index in [1.807, 2.05) is 36.4 Å². The van der Waals surface area contributed by atoms with Gasteiger partial charge in [-0.1, -0.05) is 30.3 Å². The average molecular weight is 426 g/mol. The van der Waals surface area contributed by atoms with Gasteiger partial charge in [0.05, 0.1) is 18.4 Å². The third-order valence-corrected chi connectivity index (χ3v) is 4.42. The van der Waals surface area contributed by atoms with Gasteiger partial charge in [-0.25, -0.2) is 10.2 Å². The number of nitrogens with one attached hydrogen (secondary N) is 1. The van der Waals surface area contributed by atoms with Crippen molar-refractivity contribution in [2.75, 3.05) is 12.0 Å². The Labute approximate surface area is 183 Å². The van der Waals surface area contributed by atoms with Crippen molar-refractivity contribution >= 4 is 18.1 Å². The zero-order chi connectivity index (χ0) is 22.3. The predicted octanol–water partition coefficient (Wildman–Crippen LogP) is 5.10. The topological polar surface area (TPSA) is 114 Å². The molecule has 2 aromatic carbocycles. The van der Waals surface area contributed by atoms with Crippen molar-refractivity contribution in [2.24, 2.45) is 5.10 Å². The van der Waals surface area contributed by atoms with Gasteiger partial charge in [0.15, 0.2) is 0 Å². The largest absolute Gasteiger partial charge is 0.462 e. The number of oxazole rings is 1. The Morgan fingerprint density at radius 1 is 1.09 bits per heavy atom. The Kier molecular flexibility index (Phi) is 6.09. The van der Waals surface area contributed by atoms with Crippen LogP contribution in [0, 0.1) is 11.3 Å². The number of benzene rings is 2. The zero-order valence-electron chi connectivity index (χ0n) is 17.1. The number of hydrogen-bond acceptors (Lipinski definition) is 8. The quantitative estimate of drug-likeness (QED) is 0.248. The van der Waals surface area contributed by atoms with Crippen LogP contribution < -0.4 is 5.43 Å². The smallest absolute Gasteiger partial charge is 0.338 e. The molecule has 0 saturated carbocycles. The van der Waals surface area contributed by atoms with Crippen molar-refractivity contribution in [3.63, 3.8) is 0 Å². The SMILES string of the molecule is CCOC(=O)c1ccc(-c2ccc(/C=N/Nc3oc(-c4ccccc4)nc3C#N)o2)cc1. The highest BCUT2D eigenvalue weighted by Crippen LogP contribution is 2.25. The molecule has 0 aliphatic carbocycles. The summed E-state index contributed by atoms with van der Waals surface area (Å²) >= 11 is 0. The molecule has 158 valence electrons. The molecular weight excluding hydrogens is 408 g/mol. The first-order valence-corrected chi connectivity index (χ1v) is 9.80. The Hall–Kier alpha value is -4.64. The molecular formula is C24H18N4O4. The third kappa shape index (κ3) is 4.57. The minimum Gasteiger partial charge on any atom is -0.462 e. The van der Waals surface area contributed by atoms with E-state index in [-0.39, 0.29) is 17.5 Å².